The van der Waals surface area contributed by atoms with Gasteiger partial charge in [-0.3, -0.25) is 0 Å². The lowest BCUT2D eigenvalue weighted by Gasteiger charge is -2.30. The van der Waals surface area contributed by atoms with Crippen LogP contribution in [0.1, 0.15) is 0 Å². The molecule has 2 nitrogen and oxygen atoms in total. The summed E-state index contributed by atoms with van der Waals surface area (Å²) in [4.78, 5) is 4.69. The summed E-state index contributed by atoms with van der Waals surface area (Å²) in [5.41, 5.74) is 6.63. The molecule has 0 bridgehead atoms. The number of para-hydroxylation sites is 4. The first kappa shape index (κ1) is 24.5. The molecule has 6 aromatic carbocycles. The molecule has 0 spiro atoms. The molecule has 7 rings (SSSR count). The van der Waals surface area contributed by atoms with Crippen LogP contribution in [0, 0.1) is 0 Å². The average molecular weight is 553 g/mol. The molecule has 40 heavy (non-hydrogen) atoms. The predicted molar refractivity (Wildman–Crippen MR) is 174 cm³/mol. The number of halogens is 1. The molecule has 0 radical (unpaired) electrons. The van der Waals surface area contributed by atoms with Gasteiger partial charge in [0.15, 0.2) is 0 Å². The Morgan fingerprint density at radius 3 is 1.40 bits per heavy atom. The fourth-order valence-electron chi connectivity index (χ4n) is 5.33. The Morgan fingerprint density at radius 2 is 0.900 bits per heavy atom. The van der Waals surface area contributed by atoms with Crippen LogP contribution in [-0.4, -0.2) is 0 Å². The highest BCUT2D eigenvalue weighted by Crippen LogP contribution is 2.49. The van der Waals surface area contributed by atoms with E-state index < -0.39 is 0 Å². The van der Waals surface area contributed by atoms with Crippen LogP contribution in [0.25, 0.3) is 20.2 Å². The monoisotopic (exact) mass is 552 g/mol. The van der Waals surface area contributed by atoms with Crippen LogP contribution in [0.3, 0.4) is 0 Å². The molecule has 7 aromatic rings. The van der Waals surface area contributed by atoms with Gasteiger partial charge in [-0.2, -0.15) is 0 Å². The summed E-state index contributed by atoms with van der Waals surface area (Å²) < 4.78 is 2.38. The smallest absolute Gasteiger partial charge is 0.0575 e. The predicted octanol–water partition coefficient (Wildman–Crippen LogP) is 11.6. The van der Waals surface area contributed by atoms with Crippen molar-refractivity contribution >= 4 is 77.2 Å². The summed E-state index contributed by atoms with van der Waals surface area (Å²) in [5, 5.41) is 3.17. The van der Waals surface area contributed by atoms with Crippen LogP contribution in [0.4, 0.5) is 34.1 Å². The van der Waals surface area contributed by atoms with Crippen molar-refractivity contribution in [1.29, 1.82) is 0 Å². The Bertz CT molecular complexity index is 1820. The van der Waals surface area contributed by atoms with E-state index in [1.807, 2.05) is 6.07 Å². The van der Waals surface area contributed by atoms with Crippen LogP contribution in [-0.2, 0) is 0 Å². The number of fused-ring (bicyclic) bond motifs is 3. The zero-order valence-corrected chi connectivity index (χ0v) is 23.2. The Kier molecular flexibility index (Phi) is 6.45. The maximum atomic E-state index is 6.47. The first-order valence-corrected chi connectivity index (χ1v) is 14.4. The summed E-state index contributed by atoms with van der Waals surface area (Å²) in [5.74, 6) is 0. The number of anilines is 6. The van der Waals surface area contributed by atoms with E-state index in [9.17, 15) is 0 Å². The van der Waals surface area contributed by atoms with Crippen LogP contribution < -0.4 is 9.80 Å². The number of hydrogen-bond donors (Lipinski definition) is 0. The summed E-state index contributed by atoms with van der Waals surface area (Å²) in [6, 6.07) is 53.2. The van der Waals surface area contributed by atoms with Crippen molar-refractivity contribution in [2.24, 2.45) is 0 Å². The maximum absolute atomic E-state index is 6.47. The highest BCUT2D eigenvalue weighted by atomic mass is 35.5. The molecule has 1 heterocycles. The molecular weight excluding hydrogens is 528 g/mol. The van der Waals surface area contributed by atoms with Crippen LogP contribution in [0.15, 0.2) is 152 Å². The third kappa shape index (κ3) is 4.50. The molecule has 0 atom stereocenters. The lowest BCUT2D eigenvalue weighted by Crippen LogP contribution is -2.13. The van der Waals surface area contributed by atoms with Crippen molar-refractivity contribution in [2.45, 2.75) is 0 Å². The second kappa shape index (κ2) is 10.5. The largest absolute Gasteiger partial charge is 0.310 e. The fraction of sp³-hybridized carbons (Fsp3) is 0. The van der Waals surface area contributed by atoms with E-state index in [0.29, 0.717) is 0 Å². The number of rotatable bonds is 6. The molecule has 0 unspecified atom stereocenters. The average Bonchev–Trinajstić information content (AvgIpc) is 3.37. The molecule has 0 fully saturated rings. The lowest BCUT2D eigenvalue weighted by molar-refractivity contribution is 1.26. The normalized spacial score (nSPS) is 11.1. The van der Waals surface area contributed by atoms with E-state index in [2.05, 4.69) is 155 Å². The molecule has 0 saturated carbocycles. The van der Waals surface area contributed by atoms with Gasteiger partial charge < -0.3 is 9.80 Å². The van der Waals surface area contributed by atoms with Gasteiger partial charge in [0.2, 0.25) is 0 Å². The summed E-state index contributed by atoms with van der Waals surface area (Å²) in [6.45, 7) is 0. The third-order valence-corrected chi connectivity index (χ3v) is 8.39. The van der Waals surface area contributed by atoms with E-state index in [1.165, 1.54) is 20.2 Å². The van der Waals surface area contributed by atoms with E-state index in [0.717, 1.165) is 39.1 Å². The van der Waals surface area contributed by atoms with Crippen molar-refractivity contribution in [2.75, 3.05) is 9.80 Å². The fourth-order valence-corrected chi connectivity index (χ4v) is 6.77. The van der Waals surface area contributed by atoms with Crippen molar-refractivity contribution in [3.63, 3.8) is 0 Å². The van der Waals surface area contributed by atoms with Gasteiger partial charge in [-0.05, 0) is 72.8 Å². The van der Waals surface area contributed by atoms with Gasteiger partial charge in [-0.25, -0.2) is 0 Å². The number of hydrogen-bond acceptors (Lipinski definition) is 3. The summed E-state index contributed by atoms with van der Waals surface area (Å²) in [7, 11) is 0. The Morgan fingerprint density at radius 1 is 0.425 bits per heavy atom. The van der Waals surface area contributed by atoms with Crippen molar-refractivity contribution in [3.05, 3.63) is 157 Å². The van der Waals surface area contributed by atoms with E-state index in [1.54, 1.807) is 11.3 Å². The minimum atomic E-state index is 0.749. The quantitative estimate of drug-likeness (QED) is 0.202. The second-order valence-electron chi connectivity index (χ2n) is 9.59. The van der Waals surface area contributed by atoms with Crippen molar-refractivity contribution in [1.82, 2.24) is 0 Å². The molecule has 192 valence electrons. The van der Waals surface area contributed by atoms with Crippen molar-refractivity contribution in [3.8, 4) is 0 Å². The zero-order chi connectivity index (χ0) is 26.9. The number of benzene rings is 6. The highest BCUT2D eigenvalue weighted by Gasteiger charge is 2.22. The van der Waals surface area contributed by atoms with Gasteiger partial charge in [0.25, 0.3) is 0 Å². The highest BCUT2D eigenvalue weighted by molar-refractivity contribution is 7.26. The Labute approximate surface area is 242 Å². The first-order chi connectivity index (χ1) is 19.8. The van der Waals surface area contributed by atoms with E-state index >= 15 is 0 Å². The molecule has 0 aliphatic rings. The Balaban J connectivity index is 1.57. The summed E-state index contributed by atoms with van der Waals surface area (Å²) >= 11 is 8.25. The van der Waals surface area contributed by atoms with E-state index in [-0.39, 0.29) is 0 Å². The van der Waals surface area contributed by atoms with Crippen molar-refractivity contribution < 1.29 is 0 Å². The zero-order valence-electron chi connectivity index (χ0n) is 21.6. The lowest BCUT2D eigenvalue weighted by atomic mass is 10.1. The molecule has 1 aromatic heterocycles. The number of thiophene rings is 1. The standard InChI is InChI=1S/C36H25ClN2S/c37-26-21-22-32-34(23-26)40-35-25-31(38(27-13-5-1-6-14-27)28-15-7-2-8-16-28)24-33(36(32)35)39(29-17-9-3-10-18-29)30-19-11-4-12-20-30/h1-25H. The molecule has 0 aliphatic carbocycles. The van der Waals surface area contributed by atoms with E-state index in [4.69, 9.17) is 11.6 Å². The second-order valence-corrected chi connectivity index (χ2v) is 11.1. The molecule has 4 heteroatoms. The van der Waals surface area contributed by atoms with Gasteiger partial charge >= 0.3 is 0 Å². The van der Waals surface area contributed by atoms with Gasteiger partial charge in [0.1, 0.15) is 0 Å². The number of nitrogens with zero attached hydrogens (tertiary/aromatic N) is 2. The van der Waals surface area contributed by atoms with Crippen LogP contribution in [0.2, 0.25) is 5.02 Å². The minimum absolute atomic E-state index is 0.749. The molecule has 0 aliphatic heterocycles. The SMILES string of the molecule is Clc1ccc2c(c1)sc1cc(N(c3ccccc3)c3ccccc3)cc(N(c3ccccc3)c3ccccc3)c12. The van der Waals surface area contributed by atoms with Gasteiger partial charge in [0, 0.05) is 53.6 Å². The molecular formula is C36H25ClN2S. The molecule has 0 saturated heterocycles. The molecule has 0 amide bonds. The topological polar surface area (TPSA) is 6.48 Å². The maximum Gasteiger partial charge on any atom is 0.0575 e. The first-order valence-electron chi connectivity index (χ1n) is 13.2. The van der Waals surface area contributed by atoms with Gasteiger partial charge in [-0.1, -0.05) is 90.5 Å². The van der Waals surface area contributed by atoms with Gasteiger partial charge in [-0.15, -0.1) is 11.3 Å². The van der Waals surface area contributed by atoms with Gasteiger partial charge in [0.05, 0.1) is 5.69 Å². The Hall–Kier alpha value is -4.57. The minimum Gasteiger partial charge on any atom is -0.310 e. The molecule has 0 N–H and O–H groups in total. The third-order valence-electron chi connectivity index (χ3n) is 7.06. The summed E-state index contributed by atoms with van der Waals surface area (Å²) in [6.07, 6.45) is 0. The van der Waals surface area contributed by atoms with Crippen LogP contribution in [0.5, 0.6) is 0 Å². The van der Waals surface area contributed by atoms with Crippen LogP contribution >= 0.6 is 22.9 Å².